The number of ether oxygens (including phenoxy) is 1. The van der Waals surface area contributed by atoms with Crippen LogP contribution >= 0.6 is 0 Å². The smallest absolute Gasteiger partial charge is 0.252 e. The summed E-state index contributed by atoms with van der Waals surface area (Å²) in [6.45, 7) is 0.977. The van der Waals surface area contributed by atoms with Crippen molar-refractivity contribution in [3.8, 4) is 11.3 Å². The van der Waals surface area contributed by atoms with Crippen molar-refractivity contribution in [3.63, 3.8) is 0 Å². The monoisotopic (exact) mass is 246 g/mol. The summed E-state index contributed by atoms with van der Waals surface area (Å²) in [5.41, 5.74) is 2.19. The second kappa shape index (κ2) is 5.92. The minimum absolute atomic E-state index is 0.154. The summed E-state index contributed by atoms with van der Waals surface area (Å²) in [5, 5.41) is 9.30. The Morgan fingerprint density at radius 2 is 2.33 bits per heavy atom. The number of hydrogen-bond donors (Lipinski definition) is 2. The quantitative estimate of drug-likeness (QED) is 0.766. The van der Waals surface area contributed by atoms with Gasteiger partial charge in [0.15, 0.2) is 0 Å². The lowest BCUT2D eigenvalue weighted by Crippen LogP contribution is -2.26. The molecule has 0 aliphatic carbocycles. The largest absolute Gasteiger partial charge is 0.383 e. The second-order valence-corrected chi connectivity index (χ2v) is 3.67. The van der Waals surface area contributed by atoms with E-state index in [0.29, 0.717) is 18.7 Å². The topological polar surface area (TPSA) is 79.9 Å². The number of rotatable bonds is 5. The molecule has 0 aromatic carbocycles. The van der Waals surface area contributed by atoms with Gasteiger partial charge in [-0.2, -0.15) is 5.10 Å². The van der Waals surface area contributed by atoms with Gasteiger partial charge >= 0.3 is 0 Å². The number of H-pyrrole nitrogens is 1. The predicted octanol–water partition coefficient (Wildman–Crippen LogP) is 0.848. The van der Waals surface area contributed by atoms with Crippen molar-refractivity contribution in [1.29, 1.82) is 0 Å². The van der Waals surface area contributed by atoms with Crippen LogP contribution in [-0.4, -0.2) is 41.3 Å². The van der Waals surface area contributed by atoms with Crippen LogP contribution in [0.25, 0.3) is 11.3 Å². The van der Waals surface area contributed by atoms with Crippen LogP contribution in [0, 0.1) is 0 Å². The van der Waals surface area contributed by atoms with Crippen LogP contribution in [0.2, 0.25) is 0 Å². The molecule has 1 amide bonds. The number of pyridine rings is 1. The minimum Gasteiger partial charge on any atom is -0.383 e. The van der Waals surface area contributed by atoms with Gasteiger partial charge in [0.25, 0.3) is 5.91 Å². The molecule has 94 valence electrons. The molecule has 2 aromatic heterocycles. The first-order valence-electron chi connectivity index (χ1n) is 5.53. The summed E-state index contributed by atoms with van der Waals surface area (Å²) in [6.07, 6.45) is 4.98. The zero-order valence-electron chi connectivity index (χ0n) is 10.0. The summed E-state index contributed by atoms with van der Waals surface area (Å²) in [5.74, 6) is -0.154. The molecule has 18 heavy (non-hydrogen) atoms. The van der Waals surface area contributed by atoms with Crippen molar-refractivity contribution in [2.24, 2.45) is 0 Å². The molecule has 6 nitrogen and oxygen atoms in total. The molecule has 0 aliphatic rings. The number of amides is 1. The zero-order chi connectivity index (χ0) is 12.8. The van der Waals surface area contributed by atoms with Crippen molar-refractivity contribution in [1.82, 2.24) is 20.5 Å². The molecule has 0 atom stereocenters. The fourth-order valence-electron chi connectivity index (χ4n) is 1.46. The van der Waals surface area contributed by atoms with Crippen LogP contribution in [0.15, 0.2) is 30.7 Å². The lowest BCUT2D eigenvalue weighted by Gasteiger charge is -2.04. The van der Waals surface area contributed by atoms with Crippen molar-refractivity contribution in [2.75, 3.05) is 20.3 Å². The summed E-state index contributed by atoms with van der Waals surface area (Å²) < 4.78 is 4.86. The molecule has 2 rings (SSSR count). The maximum atomic E-state index is 11.7. The molecule has 2 N–H and O–H groups in total. The van der Waals surface area contributed by atoms with Gasteiger partial charge in [-0.15, -0.1) is 0 Å². The van der Waals surface area contributed by atoms with E-state index in [1.165, 1.54) is 0 Å². The Morgan fingerprint density at radius 1 is 1.44 bits per heavy atom. The highest BCUT2D eigenvalue weighted by molar-refractivity contribution is 5.94. The third-order valence-corrected chi connectivity index (χ3v) is 2.41. The van der Waals surface area contributed by atoms with Crippen LogP contribution in [0.4, 0.5) is 0 Å². The van der Waals surface area contributed by atoms with E-state index in [1.807, 2.05) is 0 Å². The molecular formula is C12H14N4O2. The van der Waals surface area contributed by atoms with Crippen LogP contribution in [0.1, 0.15) is 10.4 Å². The van der Waals surface area contributed by atoms with Gasteiger partial charge in [-0.3, -0.25) is 14.9 Å². The molecule has 6 heteroatoms. The fraction of sp³-hybridized carbons (Fsp3) is 0.250. The fourth-order valence-corrected chi connectivity index (χ4v) is 1.46. The lowest BCUT2D eigenvalue weighted by atomic mass is 10.2. The molecule has 0 saturated carbocycles. The molecule has 0 saturated heterocycles. The Morgan fingerprint density at radius 3 is 2.94 bits per heavy atom. The van der Waals surface area contributed by atoms with Crippen LogP contribution in [0.5, 0.6) is 0 Å². The highest BCUT2D eigenvalue weighted by Crippen LogP contribution is 2.14. The second-order valence-electron chi connectivity index (χ2n) is 3.67. The normalized spacial score (nSPS) is 10.3. The van der Waals surface area contributed by atoms with Gasteiger partial charge in [-0.25, -0.2) is 0 Å². The molecule has 0 aliphatic heterocycles. The van der Waals surface area contributed by atoms with Gasteiger partial charge in [0.05, 0.1) is 24.1 Å². The number of methoxy groups -OCH3 is 1. The van der Waals surface area contributed by atoms with E-state index in [0.717, 1.165) is 11.3 Å². The first-order chi connectivity index (χ1) is 8.81. The molecule has 0 radical (unpaired) electrons. The van der Waals surface area contributed by atoms with Crippen molar-refractivity contribution >= 4 is 5.91 Å². The van der Waals surface area contributed by atoms with E-state index in [2.05, 4.69) is 20.5 Å². The molecule has 0 fully saturated rings. The highest BCUT2D eigenvalue weighted by Gasteiger charge is 2.06. The minimum atomic E-state index is -0.154. The Kier molecular flexibility index (Phi) is 4.03. The molecule has 2 heterocycles. The number of nitrogens with one attached hydrogen (secondary N) is 2. The number of aromatic nitrogens is 3. The standard InChI is InChI=1S/C12H14N4O2/c1-18-5-4-13-12(17)9-2-3-11(14-6-9)10-7-15-16-8-10/h2-3,6-8H,4-5H2,1H3,(H,13,17)(H,15,16). The SMILES string of the molecule is COCCNC(=O)c1ccc(-c2cn[nH]c2)nc1. The van der Waals surface area contributed by atoms with E-state index >= 15 is 0 Å². The Labute approximate surface area is 104 Å². The van der Waals surface area contributed by atoms with E-state index in [4.69, 9.17) is 4.74 Å². The number of hydrogen-bond acceptors (Lipinski definition) is 4. The zero-order valence-corrected chi connectivity index (χ0v) is 10.0. The summed E-state index contributed by atoms with van der Waals surface area (Å²) in [4.78, 5) is 15.9. The van der Waals surface area contributed by atoms with Crippen LogP contribution in [0.3, 0.4) is 0 Å². The van der Waals surface area contributed by atoms with E-state index in [1.54, 1.807) is 37.8 Å². The lowest BCUT2D eigenvalue weighted by molar-refractivity contribution is 0.0937. The van der Waals surface area contributed by atoms with Crippen LogP contribution < -0.4 is 5.32 Å². The molecular weight excluding hydrogens is 232 g/mol. The van der Waals surface area contributed by atoms with Crippen molar-refractivity contribution in [3.05, 3.63) is 36.3 Å². The number of aromatic amines is 1. The number of carbonyl (C=O) groups is 1. The Hall–Kier alpha value is -2.21. The predicted molar refractivity (Wildman–Crippen MR) is 66.0 cm³/mol. The molecule has 0 unspecified atom stereocenters. The van der Waals surface area contributed by atoms with Gasteiger partial charge in [0.1, 0.15) is 0 Å². The Balaban J connectivity index is 2.01. The number of nitrogens with zero attached hydrogens (tertiary/aromatic N) is 2. The summed E-state index contributed by atoms with van der Waals surface area (Å²) in [7, 11) is 1.59. The highest BCUT2D eigenvalue weighted by atomic mass is 16.5. The maximum Gasteiger partial charge on any atom is 0.252 e. The summed E-state index contributed by atoms with van der Waals surface area (Å²) >= 11 is 0. The number of carbonyl (C=O) groups excluding carboxylic acids is 1. The Bertz CT molecular complexity index is 493. The van der Waals surface area contributed by atoms with Crippen molar-refractivity contribution in [2.45, 2.75) is 0 Å². The third-order valence-electron chi connectivity index (χ3n) is 2.41. The molecule has 2 aromatic rings. The van der Waals surface area contributed by atoms with E-state index < -0.39 is 0 Å². The van der Waals surface area contributed by atoms with Gasteiger partial charge in [0, 0.05) is 31.6 Å². The molecule has 0 spiro atoms. The third kappa shape index (κ3) is 2.92. The first-order valence-corrected chi connectivity index (χ1v) is 5.53. The first kappa shape index (κ1) is 12.3. The van der Waals surface area contributed by atoms with E-state index in [9.17, 15) is 4.79 Å². The van der Waals surface area contributed by atoms with Crippen molar-refractivity contribution < 1.29 is 9.53 Å². The van der Waals surface area contributed by atoms with Gasteiger partial charge < -0.3 is 10.1 Å². The van der Waals surface area contributed by atoms with Gasteiger partial charge in [0.2, 0.25) is 0 Å². The average Bonchev–Trinajstić information content (AvgIpc) is 2.93. The summed E-state index contributed by atoms with van der Waals surface area (Å²) in [6, 6.07) is 3.52. The maximum absolute atomic E-state index is 11.7. The van der Waals surface area contributed by atoms with Gasteiger partial charge in [-0.1, -0.05) is 0 Å². The van der Waals surface area contributed by atoms with Crippen LogP contribution in [-0.2, 0) is 4.74 Å². The average molecular weight is 246 g/mol. The molecule has 0 bridgehead atoms. The van der Waals surface area contributed by atoms with E-state index in [-0.39, 0.29) is 5.91 Å². The van der Waals surface area contributed by atoms with Gasteiger partial charge in [-0.05, 0) is 12.1 Å².